The SMILES string of the molecule is Nc1ccc(OCC(COc2ccc(N)cc2N)NCOc2ccc(NCCO)cc2)c(N)c1.O=S(=O)(O)O. The summed E-state index contributed by atoms with van der Waals surface area (Å²) < 4.78 is 49.2. The molecule has 0 fully saturated rings. The largest absolute Gasteiger partial charge is 0.490 e. The van der Waals surface area contributed by atoms with Crippen LogP contribution in [0.2, 0.25) is 0 Å². The highest BCUT2D eigenvalue weighted by Crippen LogP contribution is 2.25. The van der Waals surface area contributed by atoms with Crippen molar-refractivity contribution >= 4 is 38.8 Å². The van der Waals surface area contributed by atoms with E-state index >= 15 is 0 Å². The molecule has 0 amide bonds. The average molecular weight is 567 g/mol. The third-order valence-corrected chi connectivity index (χ3v) is 4.85. The first-order valence-corrected chi connectivity index (χ1v) is 12.9. The number of benzene rings is 3. The van der Waals surface area contributed by atoms with Gasteiger partial charge in [0.2, 0.25) is 0 Å². The van der Waals surface area contributed by atoms with Crippen LogP contribution in [-0.2, 0) is 10.4 Å². The van der Waals surface area contributed by atoms with Gasteiger partial charge in [0.25, 0.3) is 0 Å². The molecule has 3 rings (SSSR count). The third kappa shape index (κ3) is 12.8. The van der Waals surface area contributed by atoms with Crippen molar-refractivity contribution in [2.45, 2.75) is 6.04 Å². The number of nitrogens with two attached hydrogens (primary N) is 4. The number of nitrogens with one attached hydrogen (secondary N) is 2. The maximum absolute atomic E-state index is 8.90. The normalized spacial score (nSPS) is 10.9. The molecule has 0 bridgehead atoms. The molecule has 39 heavy (non-hydrogen) atoms. The molecule has 13 N–H and O–H groups in total. The quantitative estimate of drug-likeness (QED) is 0.0801. The number of rotatable bonds is 13. The number of ether oxygens (including phenoxy) is 3. The molecule has 0 spiro atoms. The number of aliphatic hydroxyl groups excluding tert-OH is 1. The minimum absolute atomic E-state index is 0.0672. The first-order chi connectivity index (χ1) is 18.4. The summed E-state index contributed by atoms with van der Waals surface area (Å²) in [6.45, 7) is 1.29. The molecule has 15 heteroatoms. The number of hydrogen-bond donors (Lipinski definition) is 9. The van der Waals surface area contributed by atoms with Crippen molar-refractivity contribution in [3.8, 4) is 17.2 Å². The molecule has 0 atom stereocenters. The molecule has 0 aliphatic rings. The maximum Gasteiger partial charge on any atom is 0.394 e. The zero-order chi connectivity index (χ0) is 28.8. The summed E-state index contributed by atoms with van der Waals surface area (Å²) in [5, 5.41) is 15.3. The summed E-state index contributed by atoms with van der Waals surface area (Å²) in [4.78, 5) is 0. The Hall–Kier alpha value is -4.15. The van der Waals surface area contributed by atoms with Crippen molar-refractivity contribution in [1.82, 2.24) is 5.32 Å². The second-order valence-corrected chi connectivity index (χ2v) is 8.92. The number of nitrogen functional groups attached to an aromatic ring is 4. The summed E-state index contributed by atoms with van der Waals surface area (Å²) in [7, 11) is -4.67. The Balaban J connectivity index is 0.000000976. The summed E-state index contributed by atoms with van der Waals surface area (Å²) in [6, 6.07) is 17.4. The van der Waals surface area contributed by atoms with Gasteiger partial charge in [-0.25, -0.2) is 0 Å². The Morgan fingerprint density at radius 1 is 0.769 bits per heavy atom. The molecule has 0 unspecified atom stereocenters. The maximum atomic E-state index is 8.90. The monoisotopic (exact) mass is 566 g/mol. The van der Waals surface area contributed by atoms with Crippen LogP contribution in [0.15, 0.2) is 60.7 Å². The fourth-order valence-corrected chi connectivity index (χ4v) is 3.06. The second kappa shape index (κ2) is 15.3. The zero-order valence-corrected chi connectivity index (χ0v) is 21.8. The van der Waals surface area contributed by atoms with Crippen LogP contribution in [0.1, 0.15) is 0 Å². The summed E-state index contributed by atoms with van der Waals surface area (Å²) >= 11 is 0. The molecular weight excluding hydrogens is 532 g/mol. The number of anilines is 5. The van der Waals surface area contributed by atoms with E-state index in [9.17, 15) is 0 Å². The van der Waals surface area contributed by atoms with Crippen molar-refractivity contribution in [1.29, 1.82) is 0 Å². The minimum Gasteiger partial charge on any atom is -0.490 e. The predicted molar refractivity (Wildman–Crippen MR) is 150 cm³/mol. The Bertz CT molecular complexity index is 1210. The van der Waals surface area contributed by atoms with Gasteiger partial charge >= 0.3 is 10.4 Å². The Labute approximate surface area is 226 Å². The zero-order valence-electron chi connectivity index (χ0n) is 21.0. The van der Waals surface area contributed by atoms with Crippen LogP contribution in [0.3, 0.4) is 0 Å². The van der Waals surface area contributed by atoms with Crippen LogP contribution < -0.4 is 47.8 Å². The lowest BCUT2D eigenvalue weighted by molar-refractivity contribution is 0.167. The van der Waals surface area contributed by atoms with Crippen molar-refractivity contribution in [2.75, 3.05) is 61.3 Å². The smallest absolute Gasteiger partial charge is 0.394 e. The molecule has 3 aromatic carbocycles. The molecule has 0 radical (unpaired) electrons. The van der Waals surface area contributed by atoms with E-state index in [1.807, 2.05) is 24.3 Å². The minimum atomic E-state index is -4.67. The first-order valence-electron chi connectivity index (χ1n) is 11.5. The summed E-state index contributed by atoms with van der Waals surface area (Å²) in [5.41, 5.74) is 26.4. The molecule has 0 heterocycles. The Kier molecular flexibility index (Phi) is 12.2. The number of hydrogen-bond acceptors (Lipinski definition) is 12. The van der Waals surface area contributed by atoms with Gasteiger partial charge in [-0.3, -0.25) is 14.4 Å². The standard InChI is InChI=1S/C24H32N6O4.H2O4S/c25-16-1-7-23(21(27)11-16)32-13-19(14-33-24-8-2-17(26)12-22(24)28)30-15-34-20-5-3-18(4-6-20)29-9-10-31;1-5(2,3)4/h1-8,11-12,19,29-31H,9-10,13-15,25-28H2;(H2,1,2,3,4). The molecule has 0 saturated carbocycles. The molecule has 214 valence electrons. The lowest BCUT2D eigenvalue weighted by atomic mass is 10.2. The van der Waals surface area contributed by atoms with Crippen LogP contribution in [0.5, 0.6) is 17.2 Å². The highest BCUT2D eigenvalue weighted by Gasteiger charge is 2.13. The van der Waals surface area contributed by atoms with E-state index in [-0.39, 0.29) is 32.6 Å². The van der Waals surface area contributed by atoms with Crippen molar-refractivity contribution in [3.63, 3.8) is 0 Å². The lowest BCUT2D eigenvalue weighted by Crippen LogP contribution is -2.41. The van der Waals surface area contributed by atoms with Gasteiger partial charge in [-0.15, -0.1) is 0 Å². The van der Waals surface area contributed by atoms with Crippen LogP contribution >= 0.6 is 0 Å². The van der Waals surface area contributed by atoms with Crippen LogP contribution in [-0.4, -0.2) is 61.8 Å². The van der Waals surface area contributed by atoms with E-state index in [1.165, 1.54) is 0 Å². The highest BCUT2D eigenvalue weighted by atomic mass is 32.3. The van der Waals surface area contributed by atoms with E-state index in [0.29, 0.717) is 46.5 Å². The topological polar surface area (TPSA) is 251 Å². The van der Waals surface area contributed by atoms with Gasteiger partial charge in [0.05, 0.1) is 24.0 Å². The lowest BCUT2D eigenvalue weighted by Gasteiger charge is -2.21. The van der Waals surface area contributed by atoms with E-state index in [0.717, 1.165) is 5.69 Å². The van der Waals surface area contributed by atoms with Crippen molar-refractivity contribution in [2.24, 2.45) is 0 Å². The van der Waals surface area contributed by atoms with Gasteiger partial charge in [0.1, 0.15) is 37.2 Å². The van der Waals surface area contributed by atoms with Crippen LogP contribution in [0.4, 0.5) is 28.4 Å². The molecule has 3 aromatic rings. The predicted octanol–water partition coefficient (Wildman–Crippen LogP) is 1.22. The first kappa shape index (κ1) is 31.1. The van der Waals surface area contributed by atoms with Crippen molar-refractivity contribution < 1.29 is 36.8 Å². The number of aliphatic hydroxyl groups is 1. The fraction of sp³-hybridized carbons (Fsp3) is 0.250. The summed E-state index contributed by atoms with van der Waals surface area (Å²) in [6.07, 6.45) is 0. The molecule has 0 saturated heterocycles. The summed E-state index contributed by atoms with van der Waals surface area (Å²) in [5.74, 6) is 1.74. The molecule has 0 aromatic heterocycles. The van der Waals surface area contributed by atoms with Gasteiger partial charge in [0, 0.05) is 23.6 Å². The highest BCUT2D eigenvalue weighted by molar-refractivity contribution is 7.79. The molecule has 0 aliphatic heterocycles. The van der Waals surface area contributed by atoms with Gasteiger partial charge in [-0.1, -0.05) is 0 Å². The van der Waals surface area contributed by atoms with Crippen molar-refractivity contribution in [3.05, 3.63) is 60.7 Å². The molecular formula is C24H34N6O8S. The van der Waals surface area contributed by atoms with Crippen LogP contribution in [0.25, 0.3) is 0 Å². The Morgan fingerprint density at radius 2 is 1.26 bits per heavy atom. The van der Waals surface area contributed by atoms with Gasteiger partial charge in [-0.05, 0) is 60.7 Å². The van der Waals surface area contributed by atoms with E-state index in [4.69, 9.17) is 59.8 Å². The third-order valence-electron chi connectivity index (χ3n) is 4.85. The van der Waals surface area contributed by atoms with Gasteiger partial charge < -0.3 is 47.6 Å². The molecule has 14 nitrogen and oxygen atoms in total. The van der Waals surface area contributed by atoms with E-state index in [2.05, 4.69) is 10.6 Å². The van der Waals surface area contributed by atoms with Crippen LogP contribution in [0, 0.1) is 0 Å². The molecule has 0 aliphatic carbocycles. The second-order valence-electron chi connectivity index (χ2n) is 8.03. The van der Waals surface area contributed by atoms with Gasteiger partial charge in [0.15, 0.2) is 0 Å². The fourth-order valence-electron chi connectivity index (χ4n) is 3.06. The van der Waals surface area contributed by atoms with E-state index in [1.54, 1.807) is 36.4 Å². The van der Waals surface area contributed by atoms with Gasteiger partial charge in [-0.2, -0.15) is 8.42 Å². The van der Waals surface area contributed by atoms with E-state index < -0.39 is 10.4 Å². The Morgan fingerprint density at radius 3 is 1.69 bits per heavy atom. The average Bonchev–Trinajstić information content (AvgIpc) is 2.85.